The number of nitrogen functional groups attached to an aromatic ring is 1. The van der Waals surface area contributed by atoms with Crippen molar-refractivity contribution in [3.8, 4) is 23.0 Å². The molecule has 0 spiro atoms. The average molecular weight is 455 g/mol. The Morgan fingerprint density at radius 2 is 1.78 bits per heavy atom. The maximum absolute atomic E-state index is 13.3. The Kier molecular flexibility index (Phi) is 5.67. The van der Waals surface area contributed by atoms with Gasteiger partial charge >= 0.3 is 0 Å². The lowest BCUT2D eigenvalue weighted by Crippen LogP contribution is -2.22. The molecule has 0 bridgehead atoms. The Balaban J connectivity index is 1.78. The van der Waals surface area contributed by atoms with Crippen molar-refractivity contribution in [3.63, 3.8) is 0 Å². The Hall–Kier alpha value is -3.72. The Morgan fingerprint density at radius 3 is 2.47 bits per heavy atom. The molecule has 4 rings (SSSR count). The number of fused-ring (bicyclic) bond motifs is 1. The largest absolute Gasteiger partial charge is 0.504 e. The van der Waals surface area contributed by atoms with Gasteiger partial charge in [0.25, 0.3) is 0 Å². The monoisotopic (exact) mass is 454 g/mol. The van der Waals surface area contributed by atoms with E-state index < -0.39 is 0 Å². The molecule has 0 saturated heterocycles. The van der Waals surface area contributed by atoms with Gasteiger partial charge in [-0.25, -0.2) is 0 Å². The normalized spacial score (nSPS) is 15.0. The third kappa shape index (κ3) is 3.60. The molecule has 9 heteroatoms. The predicted molar refractivity (Wildman–Crippen MR) is 121 cm³/mol. The van der Waals surface area contributed by atoms with Crippen LogP contribution in [0.15, 0.2) is 36.4 Å². The highest BCUT2D eigenvalue weighted by Gasteiger charge is 2.34. The Labute approximate surface area is 188 Å². The third-order valence-electron chi connectivity index (χ3n) is 5.43. The fourth-order valence-corrected chi connectivity index (χ4v) is 4.99. The zero-order valence-corrected chi connectivity index (χ0v) is 18.5. The number of hydrogen-bond donors (Lipinski definition) is 3. The van der Waals surface area contributed by atoms with Crippen molar-refractivity contribution in [2.75, 3.05) is 32.4 Å². The maximum atomic E-state index is 13.3. The number of nitrogens with one attached hydrogen (secondary N) is 1. The van der Waals surface area contributed by atoms with Gasteiger partial charge in [0, 0.05) is 23.5 Å². The molecular weight excluding hydrogens is 432 g/mol. The van der Waals surface area contributed by atoms with Crippen molar-refractivity contribution in [1.29, 1.82) is 0 Å². The summed E-state index contributed by atoms with van der Waals surface area (Å²) in [6, 6.07) is 9.80. The second kappa shape index (κ2) is 8.43. The summed E-state index contributed by atoms with van der Waals surface area (Å²) in [7, 11) is 4.47. The number of methoxy groups -OCH3 is 3. The van der Waals surface area contributed by atoms with Gasteiger partial charge in [-0.1, -0.05) is 6.07 Å². The molecule has 32 heavy (non-hydrogen) atoms. The van der Waals surface area contributed by atoms with Crippen molar-refractivity contribution in [3.05, 3.63) is 58.0 Å². The number of amides is 1. The van der Waals surface area contributed by atoms with E-state index in [1.54, 1.807) is 30.3 Å². The van der Waals surface area contributed by atoms with Gasteiger partial charge in [-0.3, -0.25) is 9.59 Å². The molecule has 1 aliphatic rings. The fourth-order valence-electron chi connectivity index (χ4n) is 3.83. The molecule has 166 valence electrons. The molecule has 4 N–H and O–H groups in total. The second-order valence-electron chi connectivity index (χ2n) is 7.22. The number of nitrogens with two attached hydrogens (primary N) is 1. The lowest BCUT2D eigenvalue weighted by molar-refractivity contribution is -0.116. The van der Waals surface area contributed by atoms with Gasteiger partial charge in [0.1, 0.15) is 9.88 Å². The van der Waals surface area contributed by atoms with Crippen molar-refractivity contribution in [2.24, 2.45) is 0 Å². The van der Waals surface area contributed by atoms with E-state index in [2.05, 4.69) is 5.32 Å². The average Bonchev–Trinajstić information content (AvgIpc) is 3.13. The minimum atomic E-state index is -0.378. The highest BCUT2D eigenvalue weighted by molar-refractivity contribution is 7.19. The molecule has 1 aliphatic heterocycles. The molecule has 0 saturated carbocycles. The third-order valence-corrected chi connectivity index (χ3v) is 6.57. The van der Waals surface area contributed by atoms with Gasteiger partial charge in [0.2, 0.25) is 11.7 Å². The number of carbonyl (C=O) groups is 2. The number of thiophene rings is 1. The van der Waals surface area contributed by atoms with E-state index in [0.29, 0.717) is 43.9 Å². The summed E-state index contributed by atoms with van der Waals surface area (Å²) in [6.07, 6.45) is 0.159. The zero-order chi connectivity index (χ0) is 23.0. The summed E-state index contributed by atoms with van der Waals surface area (Å²) in [4.78, 5) is 26.0. The van der Waals surface area contributed by atoms with Gasteiger partial charge in [0.15, 0.2) is 23.0 Å². The van der Waals surface area contributed by atoms with E-state index in [4.69, 9.17) is 19.9 Å². The first kappa shape index (κ1) is 21.5. The van der Waals surface area contributed by atoms with Crippen LogP contribution in [-0.4, -0.2) is 38.1 Å². The first-order valence-electron chi connectivity index (χ1n) is 9.73. The van der Waals surface area contributed by atoms with Crippen LogP contribution in [0.5, 0.6) is 23.0 Å². The summed E-state index contributed by atoms with van der Waals surface area (Å²) < 4.78 is 15.7. The molecule has 1 amide bonds. The fraction of sp³-hybridized carbons (Fsp3) is 0.217. The van der Waals surface area contributed by atoms with Gasteiger partial charge in [-0.2, -0.15) is 0 Å². The standard InChI is InChI=1S/C23H22N2O6S/c1-29-15-7-5-12(9-17(15)31-3)21(28)22-20(24)19-13(10-18(27)25-23(19)32-22)11-4-6-14(26)16(8-11)30-2/h4-9,13,26H,10,24H2,1-3H3,(H,25,27)/t13-/m1/s1. The quantitative estimate of drug-likeness (QED) is 0.485. The van der Waals surface area contributed by atoms with Gasteiger partial charge in [0.05, 0.1) is 27.0 Å². The minimum absolute atomic E-state index is 0.000607. The number of carbonyl (C=O) groups excluding carboxylic acids is 2. The molecule has 0 unspecified atom stereocenters. The van der Waals surface area contributed by atoms with E-state index in [-0.39, 0.29) is 29.8 Å². The molecule has 0 fully saturated rings. The van der Waals surface area contributed by atoms with Crippen LogP contribution in [-0.2, 0) is 4.79 Å². The van der Waals surface area contributed by atoms with E-state index >= 15 is 0 Å². The highest BCUT2D eigenvalue weighted by atomic mass is 32.1. The lowest BCUT2D eigenvalue weighted by Gasteiger charge is -2.24. The van der Waals surface area contributed by atoms with Gasteiger partial charge in [-0.05, 0) is 35.9 Å². The van der Waals surface area contributed by atoms with E-state index in [1.807, 2.05) is 0 Å². The van der Waals surface area contributed by atoms with Crippen molar-refractivity contribution in [2.45, 2.75) is 12.3 Å². The van der Waals surface area contributed by atoms with Crippen molar-refractivity contribution in [1.82, 2.24) is 0 Å². The maximum Gasteiger partial charge on any atom is 0.225 e. The number of aromatic hydroxyl groups is 1. The predicted octanol–water partition coefficient (Wildman–Crippen LogP) is 3.77. The van der Waals surface area contributed by atoms with E-state index in [9.17, 15) is 14.7 Å². The lowest BCUT2D eigenvalue weighted by atomic mass is 9.85. The highest BCUT2D eigenvalue weighted by Crippen LogP contribution is 2.48. The van der Waals surface area contributed by atoms with Crippen molar-refractivity contribution >= 4 is 33.7 Å². The smallest absolute Gasteiger partial charge is 0.225 e. The zero-order valence-electron chi connectivity index (χ0n) is 17.7. The summed E-state index contributed by atoms with van der Waals surface area (Å²) in [5.74, 6) is 0.401. The topological polar surface area (TPSA) is 120 Å². The van der Waals surface area contributed by atoms with Gasteiger partial charge < -0.3 is 30.4 Å². The van der Waals surface area contributed by atoms with Crippen LogP contribution in [0.25, 0.3) is 0 Å². The Morgan fingerprint density at radius 1 is 1.06 bits per heavy atom. The summed E-state index contributed by atoms with van der Waals surface area (Å²) in [5.41, 5.74) is 8.62. The number of hydrogen-bond acceptors (Lipinski definition) is 8. The molecule has 8 nitrogen and oxygen atoms in total. The molecule has 0 aliphatic carbocycles. The molecular formula is C23H22N2O6S. The van der Waals surface area contributed by atoms with Crippen LogP contribution in [0.4, 0.5) is 10.7 Å². The Bertz CT molecular complexity index is 1220. The summed E-state index contributed by atoms with van der Waals surface area (Å²) in [6.45, 7) is 0. The summed E-state index contributed by atoms with van der Waals surface area (Å²) >= 11 is 1.14. The number of phenolic OH excluding ortho intramolecular Hbond substituents is 1. The van der Waals surface area contributed by atoms with Crippen LogP contribution in [0, 0.1) is 0 Å². The van der Waals surface area contributed by atoms with Crippen LogP contribution in [0.2, 0.25) is 0 Å². The van der Waals surface area contributed by atoms with Crippen LogP contribution >= 0.6 is 11.3 Å². The van der Waals surface area contributed by atoms with Crippen LogP contribution < -0.4 is 25.3 Å². The SMILES string of the molecule is COc1cc([C@H]2CC(=O)Nc3sc(C(=O)c4ccc(OC)c(OC)c4)c(N)c32)ccc1O. The van der Waals surface area contributed by atoms with Gasteiger partial charge in [-0.15, -0.1) is 11.3 Å². The number of phenols is 1. The number of ether oxygens (including phenoxy) is 3. The molecule has 1 aromatic heterocycles. The van der Waals surface area contributed by atoms with E-state index in [1.165, 1.54) is 27.4 Å². The number of anilines is 2. The molecule has 2 aromatic carbocycles. The second-order valence-corrected chi connectivity index (χ2v) is 8.24. The number of ketones is 1. The van der Waals surface area contributed by atoms with Crippen LogP contribution in [0.1, 0.15) is 38.7 Å². The molecule has 2 heterocycles. The number of rotatable bonds is 6. The first-order chi connectivity index (χ1) is 15.4. The summed E-state index contributed by atoms with van der Waals surface area (Å²) in [5, 5.41) is 13.3. The number of benzene rings is 2. The first-order valence-corrected chi connectivity index (χ1v) is 10.5. The minimum Gasteiger partial charge on any atom is -0.504 e. The molecule has 1 atom stereocenters. The molecule has 0 radical (unpaired) electrons. The van der Waals surface area contributed by atoms with E-state index in [0.717, 1.165) is 16.9 Å². The van der Waals surface area contributed by atoms with Crippen molar-refractivity contribution < 1.29 is 28.9 Å². The molecule has 3 aromatic rings. The van der Waals surface area contributed by atoms with Crippen LogP contribution in [0.3, 0.4) is 0 Å².